The number of nitrogens with zero attached hydrogens (tertiary/aromatic N) is 1. The van der Waals surface area contributed by atoms with Crippen molar-refractivity contribution in [2.45, 2.75) is 49.9 Å². The highest BCUT2D eigenvalue weighted by molar-refractivity contribution is 5.87. The van der Waals surface area contributed by atoms with Gasteiger partial charge in [-0.3, -0.25) is 4.79 Å². The number of likely N-dealkylation sites (tertiary alicyclic amines) is 1. The second-order valence-electron chi connectivity index (χ2n) is 7.73. The Morgan fingerprint density at radius 3 is 2.88 bits per heavy atom. The molecule has 1 aromatic carbocycles. The molecule has 1 spiro atoms. The van der Waals surface area contributed by atoms with E-state index in [0.717, 1.165) is 56.8 Å². The molecule has 0 aromatic heterocycles. The number of hydrogen-bond donors (Lipinski definition) is 1. The normalized spacial score (nSPS) is 27.5. The van der Waals surface area contributed by atoms with Gasteiger partial charge in [0.05, 0.1) is 12.1 Å². The molecule has 2 atom stereocenters. The molecule has 4 rings (SSSR count). The van der Waals surface area contributed by atoms with Gasteiger partial charge in [0.2, 0.25) is 5.91 Å². The number of hydrogen-bond acceptors (Lipinski definition) is 4. The molecule has 3 heterocycles. The Balaban J connectivity index is 1.45. The van der Waals surface area contributed by atoms with Crippen molar-refractivity contribution in [2.75, 3.05) is 26.2 Å². The van der Waals surface area contributed by atoms with Gasteiger partial charge in [0.1, 0.15) is 11.4 Å². The molecule has 3 aliphatic rings. The van der Waals surface area contributed by atoms with Crippen LogP contribution in [0.2, 0.25) is 0 Å². The molecule has 0 radical (unpaired) electrons. The Morgan fingerprint density at radius 1 is 1.35 bits per heavy atom. The lowest BCUT2D eigenvalue weighted by Gasteiger charge is -2.47. The van der Waals surface area contributed by atoms with Gasteiger partial charge in [-0.05, 0) is 37.8 Å². The third-order valence-electron chi connectivity index (χ3n) is 5.95. The van der Waals surface area contributed by atoms with Gasteiger partial charge >= 0.3 is 0 Å². The zero-order valence-electron chi connectivity index (χ0n) is 15.3. The van der Waals surface area contributed by atoms with Gasteiger partial charge in [-0.2, -0.15) is 0 Å². The number of rotatable bonds is 4. The summed E-state index contributed by atoms with van der Waals surface area (Å²) in [5.41, 5.74) is 0.871. The van der Waals surface area contributed by atoms with Crippen LogP contribution in [0, 0.1) is 0 Å². The molecule has 2 saturated heterocycles. The molecule has 0 bridgehead atoms. The summed E-state index contributed by atoms with van der Waals surface area (Å²) in [4.78, 5) is 14.4. The van der Waals surface area contributed by atoms with Crippen LogP contribution in [-0.2, 0) is 9.53 Å². The van der Waals surface area contributed by atoms with Gasteiger partial charge in [-0.1, -0.05) is 24.8 Å². The smallest absolute Gasteiger partial charge is 0.243 e. The van der Waals surface area contributed by atoms with Crippen molar-refractivity contribution in [3.05, 3.63) is 42.5 Å². The summed E-state index contributed by atoms with van der Waals surface area (Å²) in [7, 11) is 0. The van der Waals surface area contributed by atoms with Crippen LogP contribution in [-0.4, -0.2) is 48.8 Å². The van der Waals surface area contributed by atoms with Crippen LogP contribution in [0.3, 0.4) is 0 Å². The molecule has 1 amide bonds. The summed E-state index contributed by atoms with van der Waals surface area (Å²) in [6.45, 7) is 7.56. The number of carbonyl (C=O) groups excluding carboxylic acids is 1. The topological polar surface area (TPSA) is 50.8 Å². The molecular formula is C21H28N2O3. The van der Waals surface area contributed by atoms with Crippen molar-refractivity contribution in [3.63, 3.8) is 0 Å². The van der Waals surface area contributed by atoms with E-state index in [-0.39, 0.29) is 17.6 Å². The fourth-order valence-corrected chi connectivity index (χ4v) is 4.50. The molecule has 140 valence electrons. The SMILES string of the molecule is C=CC(=O)NC1CC2(CCN(CC3CCCO3)CC2)Oc2ccccc21. The molecule has 0 aliphatic carbocycles. The van der Waals surface area contributed by atoms with Crippen LogP contribution in [0.1, 0.15) is 43.7 Å². The second kappa shape index (κ2) is 7.41. The Bertz CT molecular complexity index is 661. The Morgan fingerprint density at radius 2 is 2.15 bits per heavy atom. The fraction of sp³-hybridized carbons (Fsp3) is 0.571. The molecule has 5 heteroatoms. The van der Waals surface area contributed by atoms with Crippen LogP contribution in [0.25, 0.3) is 0 Å². The van der Waals surface area contributed by atoms with Crippen LogP contribution in [0.15, 0.2) is 36.9 Å². The van der Waals surface area contributed by atoms with Crippen LogP contribution < -0.4 is 10.1 Å². The average Bonchev–Trinajstić information content (AvgIpc) is 3.17. The molecule has 3 aliphatic heterocycles. The minimum Gasteiger partial charge on any atom is -0.487 e. The predicted octanol–water partition coefficient (Wildman–Crippen LogP) is 2.83. The lowest BCUT2D eigenvalue weighted by atomic mass is 9.80. The monoisotopic (exact) mass is 356 g/mol. The van der Waals surface area contributed by atoms with Gasteiger partial charge in [-0.15, -0.1) is 0 Å². The Kier molecular flexibility index (Phi) is 5.00. The summed E-state index contributed by atoms with van der Waals surface area (Å²) in [5.74, 6) is 0.776. The van der Waals surface area contributed by atoms with Gasteiger partial charge in [-0.25, -0.2) is 0 Å². The number of amides is 1. The van der Waals surface area contributed by atoms with E-state index >= 15 is 0 Å². The maximum atomic E-state index is 11.9. The van der Waals surface area contributed by atoms with Crippen molar-refractivity contribution < 1.29 is 14.3 Å². The van der Waals surface area contributed by atoms with Crippen molar-refractivity contribution in [3.8, 4) is 5.75 Å². The molecule has 1 N–H and O–H groups in total. The van der Waals surface area contributed by atoms with E-state index in [0.29, 0.717) is 6.10 Å². The van der Waals surface area contributed by atoms with Crippen LogP contribution in [0.5, 0.6) is 5.75 Å². The second-order valence-corrected chi connectivity index (χ2v) is 7.73. The lowest BCUT2D eigenvalue weighted by Crippen LogP contribution is -2.53. The number of carbonyl (C=O) groups is 1. The van der Waals surface area contributed by atoms with E-state index in [1.807, 2.05) is 24.3 Å². The number of para-hydroxylation sites is 1. The van der Waals surface area contributed by atoms with Crippen molar-refractivity contribution in [1.82, 2.24) is 10.2 Å². The number of nitrogens with one attached hydrogen (secondary N) is 1. The van der Waals surface area contributed by atoms with Crippen LogP contribution in [0.4, 0.5) is 0 Å². The Labute approximate surface area is 155 Å². The van der Waals surface area contributed by atoms with Crippen LogP contribution >= 0.6 is 0 Å². The zero-order chi connectivity index (χ0) is 18.0. The maximum Gasteiger partial charge on any atom is 0.243 e. The summed E-state index contributed by atoms with van der Waals surface area (Å²) < 4.78 is 12.3. The first kappa shape index (κ1) is 17.6. The van der Waals surface area contributed by atoms with Gasteiger partial charge < -0.3 is 19.7 Å². The predicted molar refractivity (Wildman–Crippen MR) is 100 cm³/mol. The van der Waals surface area contributed by atoms with Crippen molar-refractivity contribution in [2.24, 2.45) is 0 Å². The molecule has 5 nitrogen and oxygen atoms in total. The number of fused-ring (bicyclic) bond motifs is 1. The molecule has 2 fully saturated rings. The summed E-state index contributed by atoms with van der Waals surface area (Å²) in [6, 6.07) is 8.04. The standard InChI is InChI=1S/C21H28N2O3/c1-2-20(24)22-18-14-21(26-19-8-4-3-7-17(18)19)9-11-23(12-10-21)15-16-6-5-13-25-16/h2-4,7-8,16,18H,1,5-6,9-15H2,(H,22,24). The minimum atomic E-state index is -0.194. The fourth-order valence-electron chi connectivity index (χ4n) is 4.50. The van der Waals surface area contributed by atoms with Gasteiger partial charge in [0, 0.05) is 38.2 Å². The van der Waals surface area contributed by atoms with E-state index in [1.54, 1.807) is 0 Å². The highest BCUT2D eigenvalue weighted by Crippen LogP contribution is 2.44. The largest absolute Gasteiger partial charge is 0.487 e. The van der Waals surface area contributed by atoms with E-state index < -0.39 is 0 Å². The van der Waals surface area contributed by atoms with E-state index in [9.17, 15) is 4.79 Å². The van der Waals surface area contributed by atoms with Crippen molar-refractivity contribution in [1.29, 1.82) is 0 Å². The maximum absolute atomic E-state index is 11.9. The first-order chi connectivity index (χ1) is 12.7. The summed E-state index contributed by atoms with van der Waals surface area (Å²) in [6.07, 6.45) is 6.89. The molecular weight excluding hydrogens is 328 g/mol. The van der Waals surface area contributed by atoms with E-state index in [4.69, 9.17) is 9.47 Å². The Hall–Kier alpha value is -1.85. The van der Waals surface area contributed by atoms with Gasteiger partial charge in [0.25, 0.3) is 0 Å². The number of ether oxygens (including phenoxy) is 2. The quantitative estimate of drug-likeness (QED) is 0.843. The molecule has 26 heavy (non-hydrogen) atoms. The molecule has 2 unspecified atom stereocenters. The average molecular weight is 356 g/mol. The lowest BCUT2D eigenvalue weighted by molar-refractivity contribution is -0.118. The first-order valence-corrected chi connectivity index (χ1v) is 9.72. The van der Waals surface area contributed by atoms with E-state index in [2.05, 4.69) is 16.8 Å². The first-order valence-electron chi connectivity index (χ1n) is 9.72. The zero-order valence-corrected chi connectivity index (χ0v) is 15.3. The van der Waals surface area contributed by atoms with Crippen molar-refractivity contribution >= 4 is 5.91 Å². The summed E-state index contributed by atoms with van der Waals surface area (Å²) in [5, 5.41) is 3.10. The summed E-state index contributed by atoms with van der Waals surface area (Å²) >= 11 is 0. The number of benzene rings is 1. The third-order valence-corrected chi connectivity index (χ3v) is 5.95. The number of piperidine rings is 1. The molecule has 1 aromatic rings. The molecule has 0 saturated carbocycles. The van der Waals surface area contributed by atoms with E-state index in [1.165, 1.54) is 18.9 Å². The third kappa shape index (κ3) is 3.64. The highest BCUT2D eigenvalue weighted by atomic mass is 16.5. The highest BCUT2D eigenvalue weighted by Gasteiger charge is 2.43. The minimum absolute atomic E-state index is 0.0184. The van der Waals surface area contributed by atoms with Gasteiger partial charge in [0.15, 0.2) is 0 Å².